The lowest BCUT2D eigenvalue weighted by atomic mass is 9.95. The second kappa shape index (κ2) is 8.77. The molecule has 0 aliphatic heterocycles. The molecule has 0 saturated carbocycles. The number of nitrogens with one attached hydrogen (secondary N) is 3. The zero-order chi connectivity index (χ0) is 20.0. The van der Waals surface area contributed by atoms with E-state index in [2.05, 4.69) is 25.9 Å². The molecule has 4 N–H and O–H groups in total. The van der Waals surface area contributed by atoms with E-state index in [1.165, 1.54) is 0 Å². The molecule has 0 unspecified atom stereocenters. The Bertz CT molecular complexity index is 788. The highest BCUT2D eigenvalue weighted by Crippen LogP contribution is 2.22. The second-order valence-electron chi connectivity index (χ2n) is 7.23. The molecule has 1 atom stereocenters. The minimum Gasteiger partial charge on any atom is -0.394 e. The first kappa shape index (κ1) is 20.6. The predicted octanol–water partition coefficient (Wildman–Crippen LogP) is 3.53. The number of amides is 1. The summed E-state index contributed by atoms with van der Waals surface area (Å²) in [5.74, 6) is -0.478. The first-order valence-corrected chi connectivity index (χ1v) is 8.81. The van der Waals surface area contributed by atoms with Crippen molar-refractivity contribution in [2.24, 2.45) is 5.41 Å². The van der Waals surface area contributed by atoms with E-state index in [1.807, 2.05) is 27.7 Å². The highest BCUT2D eigenvalue weighted by Gasteiger charge is 2.21. The van der Waals surface area contributed by atoms with Crippen LogP contribution in [-0.2, 0) is 4.79 Å². The lowest BCUT2D eigenvalue weighted by Crippen LogP contribution is -2.27. The summed E-state index contributed by atoms with van der Waals surface area (Å²) < 4.78 is 13.9. The number of carbonyl (C=O) groups excluding carboxylic acids is 1. The van der Waals surface area contributed by atoms with Crippen molar-refractivity contribution in [1.29, 1.82) is 0 Å². The Morgan fingerprint density at radius 3 is 2.63 bits per heavy atom. The first-order valence-electron chi connectivity index (χ1n) is 8.81. The molecule has 1 aromatic carbocycles. The Morgan fingerprint density at radius 1 is 1.30 bits per heavy atom. The highest BCUT2D eigenvalue weighted by molar-refractivity contribution is 5.94. The van der Waals surface area contributed by atoms with Crippen molar-refractivity contribution in [3.8, 4) is 0 Å². The van der Waals surface area contributed by atoms with Gasteiger partial charge in [0.25, 0.3) is 0 Å². The number of aliphatic hydroxyl groups is 1. The number of halogens is 1. The van der Waals surface area contributed by atoms with Crippen molar-refractivity contribution < 1.29 is 14.3 Å². The Labute approximate surface area is 158 Å². The number of hydrogen-bond donors (Lipinski definition) is 4. The number of benzene rings is 1. The van der Waals surface area contributed by atoms with Crippen molar-refractivity contribution in [3.63, 3.8) is 0 Å². The van der Waals surface area contributed by atoms with E-state index in [1.54, 1.807) is 24.3 Å². The second-order valence-corrected chi connectivity index (χ2v) is 7.23. The van der Waals surface area contributed by atoms with Gasteiger partial charge >= 0.3 is 0 Å². The molecule has 2 aromatic rings. The minimum atomic E-state index is -0.598. The van der Waals surface area contributed by atoms with Gasteiger partial charge < -0.3 is 21.1 Å². The summed E-state index contributed by atoms with van der Waals surface area (Å²) in [5, 5.41) is 18.0. The minimum absolute atomic E-state index is 0.0191. The van der Waals surface area contributed by atoms with Crippen LogP contribution in [0.1, 0.15) is 34.1 Å². The molecule has 0 spiro atoms. The van der Waals surface area contributed by atoms with Crippen LogP contribution in [0.3, 0.4) is 0 Å². The quantitative estimate of drug-likeness (QED) is 0.591. The molecule has 0 saturated heterocycles. The van der Waals surface area contributed by atoms with Crippen LogP contribution in [-0.4, -0.2) is 33.6 Å². The zero-order valence-electron chi connectivity index (χ0n) is 16.0. The van der Waals surface area contributed by atoms with Gasteiger partial charge in [0.05, 0.1) is 18.8 Å². The zero-order valence-corrected chi connectivity index (χ0v) is 16.0. The number of nitrogens with zero attached hydrogens (tertiary/aromatic N) is 2. The molecule has 0 radical (unpaired) electrons. The van der Waals surface area contributed by atoms with Crippen LogP contribution < -0.4 is 16.0 Å². The lowest BCUT2D eigenvalue weighted by Gasteiger charge is -2.18. The molecular formula is C19H26FN5O2. The Kier molecular flexibility index (Phi) is 6.68. The van der Waals surface area contributed by atoms with E-state index < -0.39 is 11.2 Å². The summed E-state index contributed by atoms with van der Waals surface area (Å²) in [4.78, 5) is 20.2. The van der Waals surface area contributed by atoms with Gasteiger partial charge in [0.15, 0.2) is 11.6 Å². The predicted molar refractivity (Wildman–Crippen MR) is 105 cm³/mol. The van der Waals surface area contributed by atoms with Crippen LogP contribution in [0.2, 0.25) is 0 Å². The fraction of sp³-hybridized carbons (Fsp3) is 0.421. The van der Waals surface area contributed by atoms with Gasteiger partial charge in [0, 0.05) is 16.8 Å². The molecular weight excluding hydrogens is 349 g/mol. The molecule has 27 heavy (non-hydrogen) atoms. The van der Waals surface area contributed by atoms with E-state index in [9.17, 15) is 14.3 Å². The third kappa shape index (κ3) is 5.89. The molecule has 0 bridgehead atoms. The molecule has 2 rings (SSSR count). The Balaban J connectivity index is 2.15. The van der Waals surface area contributed by atoms with Crippen LogP contribution >= 0.6 is 0 Å². The van der Waals surface area contributed by atoms with E-state index >= 15 is 0 Å². The molecule has 0 fully saturated rings. The molecule has 8 heteroatoms. The number of aromatic nitrogens is 2. The highest BCUT2D eigenvalue weighted by atomic mass is 19.1. The van der Waals surface area contributed by atoms with Crippen LogP contribution in [0.15, 0.2) is 30.5 Å². The van der Waals surface area contributed by atoms with Gasteiger partial charge in [0.1, 0.15) is 0 Å². The van der Waals surface area contributed by atoms with Gasteiger partial charge in [-0.2, -0.15) is 4.98 Å². The average Bonchev–Trinajstić information content (AvgIpc) is 2.61. The fourth-order valence-corrected chi connectivity index (χ4v) is 2.12. The van der Waals surface area contributed by atoms with E-state index in [0.29, 0.717) is 17.8 Å². The number of rotatable bonds is 7. The SMILES string of the molecule is CC[C@@H](CO)Nc1nc(Nc2cccc(NC(=O)C(C)(C)C)c2)ncc1F. The fourth-order valence-electron chi connectivity index (χ4n) is 2.12. The summed E-state index contributed by atoms with van der Waals surface area (Å²) in [5.41, 5.74) is 0.771. The third-order valence-corrected chi connectivity index (χ3v) is 3.86. The van der Waals surface area contributed by atoms with Gasteiger partial charge in [-0.1, -0.05) is 33.8 Å². The van der Waals surface area contributed by atoms with Crippen molar-refractivity contribution in [1.82, 2.24) is 9.97 Å². The normalized spacial score (nSPS) is 12.4. The van der Waals surface area contributed by atoms with E-state index in [4.69, 9.17) is 0 Å². The molecule has 1 heterocycles. The number of hydrogen-bond acceptors (Lipinski definition) is 6. The standard InChI is InChI=1S/C19H26FN5O2/c1-5-12(11-26)22-16-15(20)10-21-18(25-16)24-14-8-6-7-13(9-14)23-17(27)19(2,3)4/h6-10,12,26H,5,11H2,1-4H3,(H,23,27)(H2,21,22,24,25)/t12-/m0/s1. The molecule has 1 amide bonds. The first-order chi connectivity index (χ1) is 12.7. The molecule has 7 nitrogen and oxygen atoms in total. The Morgan fingerprint density at radius 2 is 2.00 bits per heavy atom. The summed E-state index contributed by atoms with van der Waals surface area (Å²) in [6.45, 7) is 7.26. The number of aliphatic hydroxyl groups excluding tert-OH is 1. The largest absolute Gasteiger partial charge is 0.394 e. The van der Waals surface area contributed by atoms with Crippen molar-refractivity contribution >= 4 is 29.0 Å². The van der Waals surface area contributed by atoms with Gasteiger partial charge in [-0.05, 0) is 24.6 Å². The van der Waals surface area contributed by atoms with Crippen molar-refractivity contribution in [3.05, 3.63) is 36.3 Å². The molecule has 146 valence electrons. The summed E-state index contributed by atoms with van der Waals surface area (Å²) in [7, 11) is 0. The monoisotopic (exact) mass is 375 g/mol. The van der Waals surface area contributed by atoms with Crippen LogP contribution in [0.5, 0.6) is 0 Å². The van der Waals surface area contributed by atoms with Gasteiger partial charge in [-0.15, -0.1) is 0 Å². The summed E-state index contributed by atoms with van der Waals surface area (Å²) >= 11 is 0. The van der Waals surface area contributed by atoms with Crippen LogP contribution in [0.4, 0.5) is 27.5 Å². The maximum atomic E-state index is 13.9. The van der Waals surface area contributed by atoms with Gasteiger partial charge in [-0.25, -0.2) is 9.37 Å². The van der Waals surface area contributed by atoms with Gasteiger partial charge in [0.2, 0.25) is 11.9 Å². The van der Waals surface area contributed by atoms with E-state index in [0.717, 1.165) is 6.20 Å². The van der Waals surface area contributed by atoms with Crippen molar-refractivity contribution in [2.45, 2.75) is 40.2 Å². The van der Waals surface area contributed by atoms with Gasteiger partial charge in [-0.3, -0.25) is 4.79 Å². The van der Waals surface area contributed by atoms with Crippen LogP contribution in [0.25, 0.3) is 0 Å². The number of anilines is 4. The van der Waals surface area contributed by atoms with Crippen LogP contribution in [0, 0.1) is 11.2 Å². The molecule has 1 aromatic heterocycles. The lowest BCUT2D eigenvalue weighted by molar-refractivity contribution is -0.123. The Hall–Kier alpha value is -2.74. The number of carbonyl (C=O) groups is 1. The van der Waals surface area contributed by atoms with E-state index in [-0.39, 0.29) is 30.3 Å². The molecule has 0 aliphatic rings. The summed E-state index contributed by atoms with van der Waals surface area (Å²) in [6, 6.07) is 6.79. The maximum Gasteiger partial charge on any atom is 0.229 e. The van der Waals surface area contributed by atoms with Crippen molar-refractivity contribution in [2.75, 3.05) is 22.6 Å². The topological polar surface area (TPSA) is 99.2 Å². The summed E-state index contributed by atoms with van der Waals surface area (Å²) in [6.07, 6.45) is 1.69. The third-order valence-electron chi connectivity index (χ3n) is 3.86. The smallest absolute Gasteiger partial charge is 0.229 e. The molecule has 0 aliphatic carbocycles. The average molecular weight is 375 g/mol. The maximum absolute atomic E-state index is 13.9.